The lowest BCUT2D eigenvalue weighted by atomic mass is 9.90. The van der Waals surface area contributed by atoms with Crippen molar-refractivity contribution in [1.29, 1.82) is 0 Å². The Labute approximate surface area is 120 Å². The van der Waals surface area contributed by atoms with Crippen molar-refractivity contribution in [3.05, 3.63) is 12.1 Å². The van der Waals surface area contributed by atoms with Crippen LogP contribution in [0.15, 0.2) is 12.1 Å². The van der Waals surface area contributed by atoms with Gasteiger partial charge in [-0.05, 0) is 31.9 Å². The number of ether oxygens (including phenoxy) is 2. The summed E-state index contributed by atoms with van der Waals surface area (Å²) in [5.74, 6) is 1.51. The van der Waals surface area contributed by atoms with Gasteiger partial charge in [0.25, 0.3) is 0 Å². The number of fused-ring (bicyclic) bond motifs is 1. The SMILES string of the molecule is CCOc1nc(N2CCOC3CCCCC32)ccc1N. The molecule has 1 saturated carbocycles. The fourth-order valence-electron chi connectivity index (χ4n) is 3.23. The summed E-state index contributed by atoms with van der Waals surface area (Å²) in [6, 6.07) is 4.33. The van der Waals surface area contributed by atoms with E-state index in [1.165, 1.54) is 19.3 Å². The molecule has 1 aromatic rings. The van der Waals surface area contributed by atoms with Gasteiger partial charge in [0.15, 0.2) is 0 Å². The lowest BCUT2D eigenvalue weighted by Crippen LogP contribution is -2.53. The molecule has 1 aliphatic heterocycles. The van der Waals surface area contributed by atoms with Gasteiger partial charge in [-0.3, -0.25) is 0 Å². The summed E-state index contributed by atoms with van der Waals surface area (Å²) in [6.45, 7) is 4.19. The maximum Gasteiger partial charge on any atom is 0.239 e. The molecule has 5 heteroatoms. The second kappa shape index (κ2) is 5.87. The van der Waals surface area contributed by atoms with Crippen LogP contribution in [0.25, 0.3) is 0 Å². The highest BCUT2D eigenvalue weighted by molar-refractivity contribution is 5.55. The van der Waals surface area contributed by atoms with Crippen LogP contribution in [-0.4, -0.2) is 36.9 Å². The molecule has 5 nitrogen and oxygen atoms in total. The molecule has 0 bridgehead atoms. The van der Waals surface area contributed by atoms with Crippen LogP contribution < -0.4 is 15.4 Å². The predicted octanol–water partition coefficient (Wildman–Crippen LogP) is 2.21. The summed E-state index contributed by atoms with van der Waals surface area (Å²) in [5, 5.41) is 0. The van der Waals surface area contributed by atoms with Crippen molar-refractivity contribution in [1.82, 2.24) is 4.98 Å². The van der Waals surface area contributed by atoms with Gasteiger partial charge in [-0.15, -0.1) is 0 Å². The average Bonchev–Trinajstić information content (AvgIpc) is 2.49. The van der Waals surface area contributed by atoms with Crippen molar-refractivity contribution in [3.63, 3.8) is 0 Å². The molecule has 0 spiro atoms. The van der Waals surface area contributed by atoms with E-state index in [0.29, 0.717) is 30.3 Å². The van der Waals surface area contributed by atoms with Crippen LogP contribution >= 0.6 is 0 Å². The normalized spacial score (nSPS) is 26.1. The quantitative estimate of drug-likeness (QED) is 0.918. The Balaban J connectivity index is 1.85. The number of pyridine rings is 1. The summed E-state index contributed by atoms with van der Waals surface area (Å²) in [6.07, 6.45) is 5.24. The second-order valence-electron chi connectivity index (χ2n) is 5.45. The Morgan fingerprint density at radius 1 is 1.40 bits per heavy atom. The molecule has 110 valence electrons. The van der Waals surface area contributed by atoms with Gasteiger partial charge in [0, 0.05) is 6.54 Å². The Bertz CT molecular complexity index is 464. The summed E-state index contributed by atoms with van der Waals surface area (Å²) < 4.78 is 11.4. The molecule has 20 heavy (non-hydrogen) atoms. The topological polar surface area (TPSA) is 60.6 Å². The maximum absolute atomic E-state index is 5.91. The smallest absolute Gasteiger partial charge is 0.239 e. The minimum absolute atomic E-state index is 0.354. The van der Waals surface area contributed by atoms with Crippen molar-refractivity contribution in [3.8, 4) is 5.88 Å². The Morgan fingerprint density at radius 3 is 3.10 bits per heavy atom. The van der Waals surface area contributed by atoms with Crippen molar-refractivity contribution in [2.75, 3.05) is 30.4 Å². The number of anilines is 2. The van der Waals surface area contributed by atoms with Crippen molar-refractivity contribution >= 4 is 11.5 Å². The summed E-state index contributed by atoms with van der Waals surface area (Å²) in [7, 11) is 0. The summed E-state index contributed by atoms with van der Waals surface area (Å²) in [4.78, 5) is 6.97. The van der Waals surface area contributed by atoms with Crippen LogP contribution in [0.2, 0.25) is 0 Å². The molecular formula is C15H23N3O2. The zero-order valence-corrected chi connectivity index (χ0v) is 12.0. The van der Waals surface area contributed by atoms with Gasteiger partial charge in [-0.2, -0.15) is 4.98 Å². The van der Waals surface area contributed by atoms with Crippen molar-refractivity contribution in [2.45, 2.75) is 44.8 Å². The third-order valence-electron chi connectivity index (χ3n) is 4.18. The van der Waals surface area contributed by atoms with Crippen LogP contribution in [0.4, 0.5) is 11.5 Å². The first kappa shape index (κ1) is 13.5. The van der Waals surface area contributed by atoms with Crippen molar-refractivity contribution < 1.29 is 9.47 Å². The molecule has 1 aliphatic carbocycles. The molecule has 0 aromatic carbocycles. The van der Waals surface area contributed by atoms with E-state index in [4.69, 9.17) is 15.2 Å². The zero-order valence-electron chi connectivity index (χ0n) is 12.0. The molecule has 2 heterocycles. The Kier molecular flexibility index (Phi) is 3.96. The number of hydrogen-bond donors (Lipinski definition) is 1. The molecular weight excluding hydrogens is 254 g/mol. The fourth-order valence-corrected chi connectivity index (χ4v) is 3.23. The zero-order chi connectivity index (χ0) is 13.9. The molecule has 2 aliphatic rings. The van der Waals surface area contributed by atoms with E-state index in [0.717, 1.165) is 25.4 Å². The highest BCUT2D eigenvalue weighted by atomic mass is 16.5. The molecule has 2 N–H and O–H groups in total. The number of nitrogens with zero attached hydrogens (tertiary/aromatic N) is 2. The highest BCUT2D eigenvalue weighted by Crippen LogP contribution is 2.32. The number of nitrogen functional groups attached to an aromatic ring is 1. The van der Waals surface area contributed by atoms with Gasteiger partial charge in [0.1, 0.15) is 5.82 Å². The van der Waals surface area contributed by atoms with Crippen LogP contribution in [0.3, 0.4) is 0 Å². The molecule has 0 amide bonds. The Hall–Kier alpha value is -1.49. The van der Waals surface area contributed by atoms with Gasteiger partial charge in [-0.25, -0.2) is 0 Å². The first-order valence-electron chi connectivity index (χ1n) is 7.57. The van der Waals surface area contributed by atoms with Gasteiger partial charge in [0.05, 0.1) is 31.0 Å². The van der Waals surface area contributed by atoms with E-state index < -0.39 is 0 Å². The molecule has 3 rings (SSSR count). The van der Waals surface area contributed by atoms with Crippen LogP contribution in [0.1, 0.15) is 32.6 Å². The first-order chi connectivity index (χ1) is 9.79. The fraction of sp³-hybridized carbons (Fsp3) is 0.667. The number of nitrogens with two attached hydrogens (primary N) is 1. The number of aromatic nitrogens is 1. The molecule has 2 unspecified atom stereocenters. The van der Waals surface area contributed by atoms with E-state index in [9.17, 15) is 0 Å². The van der Waals surface area contributed by atoms with Crippen LogP contribution in [0.5, 0.6) is 5.88 Å². The average molecular weight is 277 g/mol. The molecule has 2 fully saturated rings. The lowest BCUT2D eigenvalue weighted by Gasteiger charge is -2.44. The molecule has 0 radical (unpaired) electrons. The molecule has 1 saturated heterocycles. The summed E-state index contributed by atoms with van der Waals surface area (Å²) in [5.41, 5.74) is 6.51. The lowest BCUT2D eigenvalue weighted by molar-refractivity contribution is -0.00902. The number of hydrogen-bond acceptors (Lipinski definition) is 5. The van der Waals surface area contributed by atoms with Gasteiger partial charge < -0.3 is 20.1 Å². The van der Waals surface area contributed by atoms with E-state index in [1.807, 2.05) is 19.1 Å². The number of rotatable bonds is 3. The van der Waals surface area contributed by atoms with Crippen molar-refractivity contribution in [2.24, 2.45) is 0 Å². The summed E-state index contributed by atoms with van der Waals surface area (Å²) >= 11 is 0. The highest BCUT2D eigenvalue weighted by Gasteiger charge is 2.35. The van der Waals surface area contributed by atoms with E-state index in [2.05, 4.69) is 9.88 Å². The largest absolute Gasteiger partial charge is 0.476 e. The van der Waals surface area contributed by atoms with Gasteiger partial charge in [0.2, 0.25) is 5.88 Å². The van der Waals surface area contributed by atoms with Gasteiger partial charge >= 0.3 is 0 Å². The monoisotopic (exact) mass is 277 g/mol. The molecule has 2 atom stereocenters. The van der Waals surface area contributed by atoms with Gasteiger partial charge in [-0.1, -0.05) is 12.8 Å². The predicted molar refractivity (Wildman–Crippen MR) is 79.2 cm³/mol. The van der Waals surface area contributed by atoms with E-state index in [-0.39, 0.29) is 0 Å². The van der Waals surface area contributed by atoms with Crippen LogP contribution in [0, 0.1) is 0 Å². The third-order valence-corrected chi connectivity index (χ3v) is 4.18. The maximum atomic E-state index is 5.91. The molecule has 1 aromatic heterocycles. The van der Waals surface area contributed by atoms with E-state index >= 15 is 0 Å². The first-order valence-corrected chi connectivity index (χ1v) is 7.57. The number of morpholine rings is 1. The van der Waals surface area contributed by atoms with E-state index in [1.54, 1.807) is 0 Å². The standard InChI is InChI=1S/C15H23N3O2/c1-2-19-15-11(16)7-8-14(17-15)18-9-10-20-13-6-4-3-5-12(13)18/h7-8,12-13H,2-6,9-10,16H2,1H3. The Morgan fingerprint density at radius 2 is 2.25 bits per heavy atom. The second-order valence-corrected chi connectivity index (χ2v) is 5.45. The minimum Gasteiger partial charge on any atom is -0.476 e. The van der Waals surface area contributed by atoms with Crippen LogP contribution in [-0.2, 0) is 4.74 Å². The third kappa shape index (κ3) is 2.54. The minimum atomic E-state index is 0.354.